The van der Waals surface area contributed by atoms with Crippen molar-refractivity contribution in [3.63, 3.8) is 0 Å². The molecule has 0 amide bonds. The van der Waals surface area contributed by atoms with Gasteiger partial charge < -0.3 is 16.3 Å². The molecule has 1 aromatic heterocycles. The zero-order chi connectivity index (χ0) is 19.0. The molecule has 0 radical (unpaired) electrons. The fourth-order valence-corrected chi connectivity index (χ4v) is 3.11. The van der Waals surface area contributed by atoms with Crippen molar-refractivity contribution >= 4 is 17.1 Å². The number of rotatable bonds is 4. The van der Waals surface area contributed by atoms with E-state index in [2.05, 4.69) is 20.5 Å². The van der Waals surface area contributed by atoms with Crippen LogP contribution in [0.15, 0.2) is 41.5 Å². The summed E-state index contributed by atoms with van der Waals surface area (Å²) in [6, 6.07) is 8.49. The Morgan fingerprint density at radius 2 is 2.00 bits per heavy atom. The monoisotopic (exact) mass is 369 g/mol. The SMILES string of the molecule is N[C@H](Cc1ccc(F)c(F)c1)c1nc(O)c2cc(C3C=NNC3)ccc2n1. The standard InChI is InChI=1S/C19H17F2N5O/c20-14-3-1-10(5-15(14)21)6-16(22)18-25-17-4-2-11(12-8-23-24-9-12)7-13(17)19(27)26-18/h1-5,7-8,12,16,24H,6,9,22H2,(H,25,26,27)/t12?,16-/m1/s1. The van der Waals surface area contributed by atoms with E-state index >= 15 is 0 Å². The zero-order valence-corrected chi connectivity index (χ0v) is 14.2. The van der Waals surface area contributed by atoms with Crippen LogP contribution in [0.4, 0.5) is 8.78 Å². The third-order valence-corrected chi connectivity index (χ3v) is 4.57. The van der Waals surface area contributed by atoms with Gasteiger partial charge in [0.1, 0.15) is 5.82 Å². The van der Waals surface area contributed by atoms with Crippen LogP contribution >= 0.6 is 0 Å². The van der Waals surface area contributed by atoms with Gasteiger partial charge in [-0.2, -0.15) is 10.1 Å². The summed E-state index contributed by atoms with van der Waals surface area (Å²) >= 11 is 0. The van der Waals surface area contributed by atoms with Gasteiger partial charge in [0.15, 0.2) is 11.6 Å². The second-order valence-electron chi connectivity index (χ2n) is 6.49. The molecule has 0 saturated heterocycles. The number of halogens is 2. The van der Waals surface area contributed by atoms with Crippen molar-refractivity contribution in [2.45, 2.75) is 18.4 Å². The van der Waals surface area contributed by atoms with Gasteiger partial charge >= 0.3 is 0 Å². The highest BCUT2D eigenvalue weighted by Crippen LogP contribution is 2.28. The minimum atomic E-state index is -0.931. The number of nitrogens with one attached hydrogen (secondary N) is 1. The number of fused-ring (bicyclic) bond motifs is 1. The van der Waals surface area contributed by atoms with Gasteiger partial charge in [0.2, 0.25) is 5.88 Å². The smallest absolute Gasteiger partial charge is 0.222 e. The van der Waals surface area contributed by atoms with E-state index < -0.39 is 17.7 Å². The molecule has 0 spiro atoms. The Morgan fingerprint density at radius 3 is 2.74 bits per heavy atom. The minimum Gasteiger partial charge on any atom is -0.493 e. The lowest BCUT2D eigenvalue weighted by Crippen LogP contribution is -2.17. The Hall–Kier alpha value is -3.13. The van der Waals surface area contributed by atoms with Gasteiger partial charge in [0.25, 0.3) is 0 Å². The van der Waals surface area contributed by atoms with Crippen LogP contribution in [0.5, 0.6) is 5.88 Å². The molecule has 3 aromatic rings. The summed E-state index contributed by atoms with van der Waals surface area (Å²) in [4.78, 5) is 8.53. The van der Waals surface area contributed by atoms with E-state index in [1.807, 2.05) is 18.3 Å². The lowest BCUT2D eigenvalue weighted by molar-refractivity contribution is 0.453. The van der Waals surface area contributed by atoms with Gasteiger partial charge in [0.05, 0.1) is 16.9 Å². The molecule has 0 bridgehead atoms. The molecule has 1 unspecified atom stereocenters. The summed E-state index contributed by atoms with van der Waals surface area (Å²) in [5.41, 5.74) is 11.1. The van der Waals surface area contributed by atoms with Gasteiger partial charge in [-0.1, -0.05) is 12.1 Å². The number of aromatic nitrogens is 2. The Balaban J connectivity index is 1.62. The van der Waals surface area contributed by atoms with E-state index in [9.17, 15) is 13.9 Å². The Bertz CT molecular complexity index is 1040. The Kier molecular flexibility index (Phi) is 4.41. The number of hydrogen-bond donors (Lipinski definition) is 3. The van der Waals surface area contributed by atoms with Crippen molar-refractivity contribution in [3.05, 3.63) is 65.0 Å². The van der Waals surface area contributed by atoms with Crippen LogP contribution in [0.1, 0.15) is 28.9 Å². The fraction of sp³-hybridized carbons (Fsp3) is 0.211. The van der Waals surface area contributed by atoms with E-state index in [-0.39, 0.29) is 24.0 Å². The third-order valence-electron chi connectivity index (χ3n) is 4.57. The second-order valence-corrected chi connectivity index (χ2v) is 6.49. The van der Waals surface area contributed by atoms with Gasteiger partial charge in [-0.3, -0.25) is 0 Å². The highest BCUT2D eigenvalue weighted by molar-refractivity contribution is 5.85. The molecule has 4 rings (SSSR count). The molecule has 2 atom stereocenters. The molecule has 138 valence electrons. The van der Waals surface area contributed by atoms with E-state index in [4.69, 9.17) is 5.73 Å². The molecular weight excluding hydrogens is 352 g/mol. The van der Waals surface area contributed by atoms with Crippen LogP contribution in [0.3, 0.4) is 0 Å². The van der Waals surface area contributed by atoms with Crippen molar-refractivity contribution < 1.29 is 13.9 Å². The molecule has 6 nitrogen and oxygen atoms in total. The van der Waals surface area contributed by atoms with Gasteiger partial charge in [-0.15, -0.1) is 0 Å². The number of hydrogen-bond acceptors (Lipinski definition) is 6. The first-order valence-electron chi connectivity index (χ1n) is 8.47. The molecule has 1 aliphatic heterocycles. The highest BCUT2D eigenvalue weighted by Gasteiger charge is 2.18. The van der Waals surface area contributed by atoms with Crippen LogP contribution in [-0.4, -0.2) is 27.8 Å². The van der Waals surface area contributed by atoms with Crippen LogP contribution in [-0.2, 0) is 6.42 Å². The fourth-order valence-electron chi connectivity index (χ4n) is 3.11. The maximum Gasteiger partial charge on any atom is 0.222 e. The first kappa shape index (κ1) is 17.3. The van der Waals surface area contributed by atoms with Crippen molar-refractivity contribution in [1.82, 2.24) is 15.4 Å². The lowest BCUT2D eigenvalue weighted by Gasteiger charge is -2.13. The maximum atomic E-state index is 13.4. The Morgan fingerprint density at radius 1 is 1.15 bits per heavy atom. The summed E-state index contributed by atoms with van der Waals surface area (Å²) in [7, 11) is 0. The first-order valence-corrected chi connectivity index (χ1v) is 8.47. The number of benzene rings is 2. The molecule has 0 saturated carbocycles. The van der Waals surface area contributed by atoms with Crippen molar-refractivity contribution in [3.8, 4) is 5.88 Å². The Labute approximate surface area is 153 Å². The average Bonchev–Trinajstić information content (AvgIpc) is 3.19. The molecule has 0 aliphatic carbocycles. The topological polar surface area (TPSA) is 96.4 Å². The lowest BCUT2D eigenvalue weighted by atomic mass is 9.99. The van der Waals surface area contributed by atoms with Crippen LogP contribution in [0.25, 0.3) is 10.9 Å². The average molecular weight is 369 g/mol. The highest BCUT2D eigenvalue weighted by atomic mass is 19.2. The van der Waals surface area contributed by atoms with Crippen LogP contribution in [0.2, 0.25) is 0 Å². The molecule has 27 heavy (non-hydrogen) atoms. The van der Waals surface area contributed by atoms with Gasteiger partial charge in [-0.05, 0) is 41.8 Å². The van der Waals surface area contributed by atoms with Crippen LogP contribution < -0.4 is 11.2 Å². The largest absolute Gasteiger partial charge is 0.493 e. The van der Waals surface area contributed by atoms with Crippen LogP contribution in [0, 0.1) is 11.6 Å². The van der Waals surface area contributed by atoms with Gasteiger partial charge in [0, 0.05) is 18.7 Å². The molecule has 0 fully saturated rings. The maximum absolute atomic E-state index is 13.4. The van der Waals surface area contributed by atoms with Crippen molar-refractivity contribution in [2.75, 3.05) is 6.54 Å². The molecular formula is C19H17F2N5O. The predicted octanol–water partition coefficient (Wildman–Crippen LogP) is 2.53. The van der Waals surface area contributed by atoms with E-state index in [0.717, 1.165) is 17.7 Å². The number of nitrogens with zero attached hydrogens (tertiary/aromatic N) is 3. The summed E-state index contributed by atoms with van der Waals surface area (Å²) in [6.07, 6.45) is 2.02. The minimum absolute atomic E-state index is 0.129. The first-order chi connectivity index (χ1) is 13.0. The summed E-state index contributed by atoms with van der Waals surface area (Å²) < 4.78 is 26.4. The number of nitrogens with two attached hydrogens (primary N) is 1. The third kappa shape index (κ3) is 3.43. The normalized spacial score (nSPS) is 17.2. The summed E-state index contributed by atoms with van der Waals surface area (Å²) in [5, 5.41) is 14.9. The van der Waals surface area contributed by atoms with E-state index in [0.29, 0.717) is 23.0 Å². The predicted molar refractivity (Wildman–Crippen MR) is 97.4 cm³/mol. The molecule has 1 aliphatic rings. The van der Waals surface area contributed by atoms with Crippen molar-refractivity contribution in [2.24, 2.45) is 10.8 Å². The summed E-state index contributed by atoms with van der Waals surface area (Å²) in [5.74, 6) is -1.64. The van der Waals surface area contributed by atoms with E-state index in [1.165, 1.54) is 6.07 Å². The van der Waals surface area contributed by atoms with E-state index in [1.54, 1.807) is 6.07 Å². The molecule has 2 heterocycles. The molecule has 4 N–H and O–H groups in total. The zero-order valence-electron chi connectivity index (χ0n) is 14.2. The summed E-state index contributed by atoms with van der Waals surface area (Å²) in [6.45, 7) is 0.699. The number of aromatic hydroxyl groups is 1. The van der Waals surface area contributed by atoms with Gasteiger partial charge in [-0.25, -0.2) is 13.8 Å². The molecule has 8 heteroatoms. The molecule has 2 aromatic carbocycles. The van der Waals surface area contributed by atoms with Crippen molar-refractivity contribution in [1.29, 1.82) is 0 Å². The quantitative estimate of drug-likeness (QED) is 0.657. The second kappa shape index (κ2) is 6.88. The number of hydrazone groups is 1.